The second-order valence-electron chi connectivity index (χ2n) is 4.36. The Balaban J connectivity index is 1.95. The molecule has 1 aromatic heterocycles. The van der Waals surface area contributed by atoms with Gasteiger partial charge in [-0.25, -0.2) is 4.39 Å². The van der Waals surface area contributed by atoms with E-state index in [0.717, 1.165) is 5.56 Å². The van der Waals surface area contributed by atoms with Crippen molar-refractivity contribution in [2.45, 2.75) is 12.5 Å². The summed E-state index contributed by atoms with van der Waals surface area (Å²) in [5.74, 6) is 1.19. The second kappa shape index (κ2) is 4.85. The van der Waals surface area contributed by atoms with Crippen molar-refractivity contribution in [3.8, 4) is 17.2 Å². The van der Waals surface area contributed by atoms with Crippen LogP contribution in [0.5, 0.6) is 17.2 Å². The van der Waals surface area contributed by atoms with Crippen molar-refractivity contribution in [2.75, 3.05) is 6.54 Å². The fourth-order valence-electron chi connectivity index (χ4n) is 2.10. The molecule has 2 N–H and O–H groups in total. The molecule has 2 aromatic rings. The molecule has 0 bridgehead atoms. The zero-order chi connectivity index (χ0) is 13.2. The smallest absolute Gasteiger partial charge is 0.172 e. The van der Waals surface area contributed by atoms with E-state index in [2.05, 4.69) is 4.98 Å². The van der Waals surface area contributed by atoms with Gasteiger partial charge in [0.05, 0.1) is 0 Å². The van der Waals surface area contributed by atoms with Crippen LogP contribution in [-0.2, 0) is 6.42 Å². The molecule has 0 fully saturated rings. The van der Waals surface area contributed by atoms with Crippen LogP contribution in [0.4, 0.5) is 4.39 Å². The highest BCUT2D eigenvalue weighted by Gasteiger charge is 2.26. The molecule has 0 aliphatic carbocycles. The average Bonchev–Trinajstić information content (AvgIpc) is 2.83. The number of nitrogens with two attached hydrogens (primary N) is 1. The standard InChI is InChI=1S/C14H13FN2O2/c15-10-5-9-6-12(8-16)19-14(9)13(7-10)18-11-1-3-17-4-2-11/h1-5,7,12H,6,8,16H2. The minimum Gasteiger partial charge on any atom is -0.485 e. The van der Waals surface area contributed by atoms with Gasteiger partial charge in [-0.15, -0.1) is 0 Å². The van der Waals surface area contributed by atoms with Crippen molar-refractivity contribution in [3.05, 3.63) is 48.0 Å². The fourth-order valence-corrected chi connectivity index (χ4v) is 2.10. The van der Waals surface area contributed by atoms with Crippen LogP contribution in [0.15, 0.2) is 36.7 Å². The van der Waals surface area contributed by atoms with Crippen LogP contribution in [0.3, 0.4) is 0 Å². The van der Waals surface area contributed by atoms with Crippen LogP contribution in [0.1, 0.15) is 5.56 Å². The normalized spacial score (nSPS) is 16.8. The Kier molecular flexibility index (Phi) is 3.05. The number of pyridine rings is 1. The van der Waals surface area contributed by atoms with E-state index >= 15 is 0 Å². The number of hydrogen-bond acceptors (Lipinski definition) is 4. The fraction of sp³-hybridized carbons (Fsp3) is 0.214. The van der Waals surface area contributed by atoms with Gasteiger partial charge < -0.3 is 15.2 Å². The van der Waals surface area contributed by atoms with Crippen molar-refractivity contribution in [1.29, 1.82) is 0 Å². The number of fused-ring (bicyclic) bond motifs is 1. The van der Waals surface area contributed by atoms with Crippen molar-refractivity contribution >= 4 is 0 Å². The Morgan fingerprint density at radius 2 is 2.16 bits per heavy atom. The van der Waals surface area contributed by atoms with Crippen molar-refractivity contribution in [2.24, 2.45) is 5.73 Å². The van der Waals surface area contributed by atoms with Crippen LogP contribution in [-0.4, -0.2) is 17.6 Å². The summed E-state index contributed by atoms with van der Waals surface area (Å²) < 4.78 is 24.9. The molecule has 1 aliphatic heterocycles. The maximum atomic E-state index is 13.6. The van der Waals surface area contributed by atoms with E-state index in [1.54, 1.807) is 24.5 Å². The van der Waals surface area contributed by atoms with Gasteiger partial charge in [-0.3, -0.25) is 4.98 Å². The summed E-state index contributed by atoms with van der Waals surface area (Å²) in [6.07, 6.45) is 3.71. The van der Waals surface area contributed by atoms with Crippen LogP contribution in [0.25, 0.3) is 0 Å². The molecule has 1 aromatic carbocycles. The van der Waals surface area contributed by atoms with E-state index in [1.165, 1.54) is 12.1 Å². The summed E-state index contributed by atoms with van der Waals surface area (Å²) in [5.41, 5.74) is 6.38. The Hall–Kier alpha value is -2.14. The van der Waals surface area contributed by atoms with E-state index < -0.39 is 0 Å². The molecular weight excluding hydrogens is 247 g/mol. The number of nitrogens with zero attached hydrogens (tertiary/aromatic N) is 1. The number of halogens is 1. The first-order valence-corrected chi connectivity index (χ1v) is 6.03. The van der Waals surface area contributed by atoms with E-state index in [1.807, 2.05) is 0 Å². The zero-order valence-corrected chi connectivity index (χ0v) is 10.2. The van der Waals surface area contributed by atoms with Gasteiger partial charge in [0.15, 0.2) is 11.5 Å². The van der Waals surface area contributed by atoms with Crippen LogP contribution >= 0.6 is 0 Å². The molecule has 1 unspecified atom stereocenters. The average molecular weight is 260 g/mol. The molecule has 5 heteroatoms. The SMILES string of the molecule is NCC1Cc2cc(F)cc(Oc3ccncc3)c2O1. The minimum absolute atomic E-state index is 0.114. The summed E-state index contributed by atoms with van der Waals surface area (Å²) in [7, 11) is 0. The lowest BCUT2D eigenvalue weighted by Gasteiger charge is -2.11. The molecule has 0 radical (unpaired) electrons. The molecule has 19 heavy (non-hydrogen) atoms. The van der Waals surface area contributed by atoms with E-state index in [0.29, 0.717) is 30.2 Å². The summed E-state index contributed by atoms with van der Waals surface area (Å²) >= 11 is 0. The number of ether oxygens (including phenoxy) is 2. The van der Waals surface area contributed by atoms with E-state index in [-0.39, 0.29) is 11.9 Å². The first kappa shape index (κ1) is 11.9. The second-order valence-corrected chi connectivity index (χ2v) is 4.36. The monoisotopic (exact) mass is 260 g/mol. The number of benzene rings is 1. The van der Waals surface area contributed by atoms with Gasteiger partial charge in [0.25, 0.3) is 0 Å². The van der Waals surface area contributed by atoms with Gasteiger partial charge in [0, 0.05) is 37.0 Å². The van der Waals surface area contributed by atoms with Gasteiger partial charge in [-0.05, 0) is 18.2 Å². The molecule has 1 aliphatic rings. The number of aromatic nitrogens is 1. The first-order chi connectivity index (χ1) is 9.26. The molecule has 0 amide bonds. The molecule has 3 rings (SSSR count). The summed E-state index contributed by atoms with van der Waals surface area (Å²) in [4.78, 5) is 3.90. The Morgan fingerprint density at radius 3 is 2.89 bits per heavy atom. The highest BCUT2D eigenvalue weighted by atomic mass is 19.1. The summed E-state index contributed by atoms with van der Waals surface area (Å²) in [6, 6.07) is 6.18. The lowest BCUT2D eigenvalue weighted by Crippen LogP contribution is -2.24. The molecule has 4 nitrogen and oxygen atoms in total. The quantitative estimate of drug-likeness (QED) is 0.919. The summed E-state index contributed by atoms with van der Waals surface area (Å²) in [5, 5.41) is 0. The lowest BCUT2D eigenvalue weighted by molar-refractivity contribution is 0.234. The van der Waals surface area contributed by atoms with Crippen LogP contribution < -0.4 is 15.2 Å². The maximum Gasteiger partial charge on any atom is 0.172 e. The van der Waals surface area contributed by atoms with Gasteiger partial charge in [0.2, 0.25) is 0 Å². The molecule has 0 spiro atoms. The molecule has 0 saturated heterocycles. The molecule has 0 saturated carbocycles. The third-order valence-corrected chi connectivity index (χ3v) is 2.97. The maximum absolute atomic E-state index is 13.6. The summed E-state index contributed by atoms with van der Waals surface area (Å²) in [6.45, 7) is 0.394. The van der Waals surface area contributed by atoms with Crippen LogP contribution in [0, 0.1) is 5.82 Å². The third-order valence-electron chi connectivity index (χ3n) is 2.97. The minimum atomic E-state index is -0.343. The van der Waals surface area contributed by atoms with Crippen LogP contribution in [0.2, 0.25) is 0 Å². The van der Waals surface area contributed by atoms with Gasteiger partial charge >= 0.3 is 0 Å². The lowest BCUT2D eigenvalue weighted by atomic mass is 10.1. The molecule has 98 valence electrons. The van der Waals surface area contributed by atoms with Gasteiger partial charge in [-0.2, -0.15) is 0 Å². The third kappa shape index (κ3) is 2.37. The van der Waals surface area contributed by atoms with Crippen molar-refractivity contribution in [3.63, 3.8) is 0 Å². The topological polar surface area (TPSA) is 57.4 Å². The van der Waals surface area contributed by atoms with E-state index in [4.69, 9.17) is 15.2 Å². The Bertz CT molecular complexity index is 589. The highest BCUT2D eigenvalue weighted by molar-refractivity contribution is 5.51. The number of rotatable bonds is 3. The molecule has 2 heterocycles. The van der Waals surface area contributed by atoms with Gasteiger partial charge in [0.1, 0.15) is 17.7 Å². The Morgan fingerprint density at radius 1 is 1.37 bits per heavy atom. The number of hydrogen-bond donors (Lipinski definition) is 1. The Labute approximate surface area is 110 Å². The molecular formula is C14H13FN2O2. The molecule has 1 atom stereocenters. The predicted octanol–water partition coefficient (Wildman–Crippen LogP) is 2.28. The van der Waals surface area contributed by atoms with Gasteiger partial charge in [-0.1, -0.05) is 0 Å². The predicted molar refractivity (Wildman–Crippen MR) is 67.9 cm³/mol. The highest BCUT2D eigenvalue weighted by Crippen LogP contribution is 2.40. The first-order valence-electron chi connectivity index (χ1n) is 6.03. The van der Waals surface area contributed by atoms with E-state index in [9.17, 15) is 4.39 Å². The van der Waals surface area contributed by atoms with Crippen molar-refractivity contribution in [1.82, 2.24) is 4.98 Å². The zero-order valence-electron chi connectivity index (χ0n) is 10.2. The largest absolute Gasteiger partial charge is 0.485 e. The van der Waals surface area contributed by atoms with Crippen molar-refractivity contribution < 1.29 is 13.9 Å².